The van der Waals surface area contributed by atoms with Gasteiger partial charge in [0.05, 0.1) is 17.7 Å². The van der Waals surface area contributed by atoms with Gasteiger partial charge in [0.15, 0.2) is 0 Å². The second kappa shape index (κ2) is 7.77. The highest BCUT2D eigenvalue weighted by Gasteiger charge is 2.30. The van der Waals surface area contributed by atoms with Gasteiger partial charge in [-0.2, -0.15) is 4.76 Å². The normalized spacial score (nSPS) is 20.9. The van der Waals surface area contributed by atoms with Crippen molar-refractivity contribution >= 4 is 13.5 Å². The number of phenols is 1. The third kappa shape index (κ3) is 5.32. The first-order chi connectivity index (χ1) is 11.3. The van der Waals surface area contributed by atoms with E-state index < -0.39 is 19.8 Å². The van der Waals surface area contributed by atoms with Gasteiger partial charge in [-0.1, -0.05) is 18.2 Å². The number of hydrogen-bond acceptors (Lipinski definition) is 4. The van der Waals surface area contributed by atoms with E-state index in [0.29, 0.717) is 19.3 Å². The molecule has 0 saturated carbocycles. The van der Waals surface area contributed by atoms with E-state index in [1.165, 1.54) is 18.2 Å². The molecule has 0 saturated heterocycles. The maximum Gasteiger partial charge on any atom is 0.448 e. The zero-order valence-corrected chi connectivity index (χ0v) is 13.8. The van der Waals surface area contributed by atoms with E-state index in [9.17, 15) is 19.9 Å². The third-order valence-corrected chi connectivity index (χ3v) is 4.19. The summed E-state index contributed by atoms with van der Waals surface area (Å²) in [4.78, 5) is 18.0. The van der Waals surface area contributed by atoms with E-state index in [2.05, 4.69) is 4.76 Å². The molecule has 0 spiro atoms. The monoisotopic (exact) mass is 353 g/mol. The molecule has 0 radical (unpaired) electrons. The Morgan fingerprint density at radius 3 is 2.46 bits per heavy atom. The molecule has 0 aliphatic heterocycles. The Kier molecular flexibility index (Phi) is 5.96. The molecular weight excluding hydrogens is 333 g/mol. The van der Waals surface area contributed by atoms with Crippen molar-refractivity contribution in [3.05, 3.63) is 53.8 Å². The van der Waals surface area contributed by atoms with Crippen LogP contribution in [0.2, 0.25) is 0 Å². The average molecular weight is 353 g/mol. The fourth-order valence-corrected chi connectivity index (χ4v) is 3.08. The molecule has 0 amide bonds. The predicted molar refractivity (Wildman–Crippen MR) is 89.9 cm³/mol. The van der Waals surface area contributed by atoms with Crippen LogP contribution >= 0.6 is 7.75 Å². The molecule has 1 aliphatic rings. The van der Waals surface area contributed by atoms with E-state index in [-0.39, 0.29) is 17.2 Å². The van der Waals surface area contributed by atoms with Gasteiger partial charge in [0.2, 0.25) is 0 Å². The number of aromatic hydroxyl groups is 1. The van der Waals surface area contributed by atoms with Crippen LogP contribution in [0.15, 0.2) is 53.0 Å². The van der Waals surface area contributed by atoms with Gasteiger partial charge in [-0.15, -0.1) is 0 Å². The number of allylic oxidation sites excluding steroid dienone is 3. The number of phenolic OH excluding ortho intramolecular Hbond substituents is 1. The predicted octanol–water partition coefficient (Wildman–Crippen LogP) is 2.24. The summed E-state index contributed by atoms with van der Waals surface area (Å²) in [7, 11) is -4.65. The van der Waals surface area contributed by atoms with Crippen LogP contribution in [-0.2, 0) is 11.0 Å². The average Bonchev–Trinajstić information content (AvgIpc) is 2.47. The van der Waals surface area contributed by atoms with Crippen LogP contribution in [0.3, 0.4) is 0 Å². The van der Waals surface area contributed by atoms with Gasteiger partial charge in [-0.3, -0.25) is 0 Å². The molecule has 24 heavy (non-hydrogen) atoms. The lowest BCUT2D eigenvalue weighted by Crippen LogP contribution is -2.30. The Morgan fingerprint density at radius 2 is 1.83 bits per heavy atom. The van der Waals surface area contributed by atoms with Crippen LogP contribution in [0.4, 0.5) is 0 Å². The van der Waals surface area contributed by atoms with Crippen LogP contribution in [0.5, 0.6) is 5.75 Å². The molecule has 8 heteroatoms. The molecule has 0 heterocycles. The minimum Gasteiger partial charge on any atom is -0.512 e. The smallest absolute Gasteiger partial charge is 0.448 e. The second-order valence-electron chi connectivity index (χ2n) is 5.59. The van der Waals surface area contributed by atoms with Crippen LogP contribution in [0.1, 0.15) is 18.4 Å². The lowest BCUT2D eigenvalue weighted by molar-refractivity contribution is 0.120. The van der Waals surface area contributed by atoms with Gasteiger partial charge in [0, 0.05) is 0 Å². The summed E-state index contributed by atoms with van der Waals surface area (Å²) in [6.07, 6.45) is 4.71. The number of aryl methyl sites for hydroxylation is 1. The fourth-order valence-electron chi connectivity index (χ4n) is 2.59. The van der Waals surface area contributed by atoms with Gasteiger partial charge >= 0.3 is 7.75 Å². The Labute approximate surface area is 139 Å². The third-order valence-electron chi connectivity index (χ3n) is 3.70. The maximum absolute atomic E-state index is 11.1. The van der Waals surface area contributed by atoms with Crippen molar-refractivity contribution in [3.8, 4) is 5.75 Å². The first-order valence-electron chi connectivity index (χ1n) is 7.45. The molecule has 7 nitrogen and oxygen atoms in total. The summed E-state index contributed by atoms with van der Waals surface area (Å²) in [5, 5.41) is 29.5. The van der Waals surface area contributed by atoms with Crippen molar-refractivity contribution in [1.82, 2.24) is 0 Å². The molecule has 1 aliphatic carbocycles. The number of aliphatic hydroxyl groups excluding tert-OH is 2. The Balaban J connectivity index is 2.01. The van der Waals surface area contributed by atoms with Crippen molar-refractivity contribution in [1.29, 1.82) is 0 Å². The van der Waals surface area contributed by atoms with E-state index in [1.807, 2.05) is 0 Å². The van der Waals surface area contributed by atoms with Crippen molar-refractivity contribution in [2.45, 2.75) is 25.4 Å². The summed E-state index contributed by atoms with van der Waals surface area (Å²) in [5.74, 6) is -0.953. The molecule has 2 unspecified atom stereocenters. The number of nitrogens with zero attached hydrogens (tertiary/aromatic N) is 1. The van der Waals surface area contributed by atoms with Crippen molar-refractivity contribution < 1.29 is 29.7 Å². The summed E-state index contributed by atoms with van der Waals surface area (Å²) < 4.78 is 14.4. The van der Waals surface area contributed by atoms with Crippen LogP contribution < -0.4 is 0 Å². The highest BCUT2D eigenvalue weighted by atomic mass is 31.2. The topological polar surface area (TPSA) is 131 Å². The minimum atomic E-state index is -4.65. The largest absolute Gasteiger partial charge is 0.512 e. The zero-order chi connectivity index (χ0) is 17.7. The van der Waals surface area contributed by atoms with Gasteiger partial charge in [0.25, 0.3) is 0 Å². The molecule has 2 atom stereocenters. The van der Waals surface area contributed by atoms with E-state index in [0.717, 1.165) is 5.56 Å². The van der Waals surface area contributed by atoms with Crippen molar-refractivity contribution in [2.75, 3.05) is 0 Å². The number of aliphatic hydroxyl groups is 2. The lowest BCUT2D eigenvalue weighted by Gasteiger charge is -2.24. The molecule has 0 fully saturated rings. The molecule has 5 N–H and O–H groups in total. The Morgan fingerprint density at radius 1 is 1.17 bits per heavy atom. The minimum absolute atomic E-state index is 0.0412. The van der Waals surface area contributed by atoms with Crippen molar-refractivity contribution in [3.63, 3.8) is 0 Å². The zero-order valence-electron chi connectivity index (χ0n) is 12.9. The quantitative estimate of drug-likeness (QED) is 0.499. The fraction of sp³-hybridized carbons (Fsp3) is 0.312. The molecular formula is C16H20NO6P. The summed E-state index contributed by atoms with van der Waals surface area (Å²) in [6, 6.07) is 6.72. The van der Waals surface area contributed by atoms with E-state index in [4.69, 9.17) is 9.79 Å². The highest BCUT2D eigenvalue weighted by molar-refractivity contribution is 7.50. The maximum atomic E-state index is 11.1. The summed E-state index contributed by atoms with van der Waals surface area (Å²) in [5.41, 5.74) is 0.952. The second-order valence-corrected chi connectivity index (χ2v) is 6.82. The Bertz CT molecular complexity index is 704. The van der Waals surface area contributed by atoms with Crippen LogP contribution in [0, 0.1) is 5.92 Å². The van der Waals surface area contributed by atoms with Gasteiger partial charge in [0.1, 0.15) is 11.5 Å². The van der Waals surface area contributed by atoms with Crippen molar-refractivity contribution in [2.24, 2.45) is 10.7 Å². The highest BCUT2D eigenvalue weighted by Crippen LogP contribution is 2.39. The van der Waals surface area contributed by atoms with E-state index in [1.54, 1.807) is 24.3 Å². The first kappa shape index (κ1) is 18.4. The summed E-state index contributed by atoms with van der Waals surface area (Å²) in [6.45, 7) is 0. The molecule has 1 aromatic carbocycles. The van der Waals surface area contributed by atoms with Gasteiger partial charge < -0.3 is 25.1 Å². The summed E-state index contributed by atoms with van der Waals surface area (Å²) >= 11 is 0. The molecule has 1 aromatic rings. The number of rotatable bonds is 6. The van der Waals surface area contributed by atoms with Crippen LogP contribution in [0.25, 0.3) is 0 Å². The standard InChI is InChI=1S/C16H20NO6P/c18-12-9-7-11(8-10-12)3-1-5-14(19)16-13(17-24(21,22)23)4-2-6-15(16)20/h2,4,6-10,14,16,18-20H,1,3,5H2,(H2,21,22,23). The number of benzene rings is 1. The van der Waals surface area contributed by atoms with Gasteiger partial charge in [-0.05, 0) is 49.1 Å². The van der Waals surface area contributed by atoms with Gasteiger partial charge in [-0.25, -0.2) is 4.57 Å². The molecule has 0 aromatic heterocycles. The lowest BCUT2D eigenvalue weighted by atomic mass is 9.88. The number of hydrogen-bond donors (Lipinski definition) is 5. The van der Waals surface area contributed by atoms with Crippen LogP contribution in [-0.4, -0.2) is 36.9 Å². The SMILES string of the molecule is O=P(O)(O)N=C1C=CC=C(O)C1C(O)CCCc1ccc(O)cc1. The molecule has 130 valence electrons. The first-order valence-corrected chi connectivity index (χ1v) is 9.01. The molecule has 2 rings (SSSR count). The molecule has 0 bridgehead atoms. The van der Waals surface area contributed by atoms with E-state index >= 15 is 0 Å². The Hall–Kier alpha value is -1.92.